The van der Waals surface area contributed by atoms with Gasteiger partial charge in [-0.3, -0.25) is 0 Å². The van der Waals surface area contributed by atoms with E-state index in [-0.39, 0.29) is 0 Å². The molecule has 0 amide bonds. The van der Waals surface area contributed by atoms with Crippen LogP contribution in [0.5, 0.6) is 0 Å². The normalized spacial score (nSPS) is 10.9. The van der Waals surface area contributed by atoms with Crippen molar-refractivity contribution in [2.75, 3.05) is 26.4 Å². The highest BCUT2D eigenvalue weighted by atomic mass is 28.4. The van der Waals surface area contributed by atoms with E-state index in [1.54, 1.807) is 0 Å². The highest BCUT2D eigenvalue weighted by molar-refractivity contribution is 6.60. The van der Waals surface area contributed by atoms with E-state index < -0.39 is 8.80 Å². The largest absolute Gasteiger partial charge is 0.500 e. The van der Waals surface area contributed by atoms with E-state index in [9.17, 15) is 0 Å². The van der Waals surface area contributed by atoms with Crippen LogP contribution >= 0.6 is 0 Å². The quantitative estimate of drug-likeness (QED) is 0.710. The Bertz CT molecular complexity index is 319. The van der Waals surface area contributed by atoms with Crippen molar-refractivity contribution in [1.29, 1.82) is 0 Å². The van der Waals surface area contributed by atoms with Gasteiger partial charge in [-0.15, -0.1) is 0 Å². The highest BCUT2D eigenvalue weighted by Gasteiger charge is 2.39. The molecule has 0 saturated heterocycles. The molecule has 0 aliphatic carbocycles. The standard InChI is InChI=1S/C9H23NO3Si.C7H8/c1-4-11-14(12-5-2,13-6-3)9-7-8-10;1-7-5-3-2-4-6-7/h4-10H2,1-3H3;2-6H,1H3. The lowest BCUT2D eigenvalue weighted by atomic mass is 10.2. The van der Waals surface area contributed by atoms with Crippen molar-refractivity contribution in [3.05, 3.63) is 35.9 Å². The van der Waals surface area contributed by atoms with Gasteiger partial charge in [0.1, 0.15) is 0 Å². The highest BCUT2D eigenvalue weighted by Crippen LogP contribution is 2.17. The van der Waals surface area contributed by atoms with Crippen molar-refractivity contribution in [3.63, 3.8) is 0 Å². The van der Waals surface area contributed by atoms with Crippen LogP contribution in [0, 0.1) is 6.92 Å². The first-order valence-corrected chi connectivity index (χ1v) is 9.70. The topological polar surface area (TPSA) is 53.7 Å². The molecule has 0 spiro atoms. The molecule has 0 aromatic heterocycles. The Hall–Kier alpha value is -0.723. The fourth-order valence-corrected chi connectivity index (χ4v) is 4.49. The molecule has 1 rings (SSSR count). The maximum Gasteiger partial charge on any atom is 0.500 e. The predicted molar refractivity (Wildman–Crippen MR) is 90.3 cm³/mol. The van der Waals surface area contributed by atoms with Gasteiger partial charge in [0.25, 0.3) is 0 Å². The molecule has 4 nitrogen and oxygen atoms in total. The van der Waals surface area contributed by atoms with Crippen LogP contribution in [-0.4, -0.2) is 35.2 Å². The number of nitrogens with two attached hydrogens (primary N) is 1. The molecule has 0 unspecified atom stereocenters. The van der Waals surface area contributed by atoms with E-state index in [0.29, 0.717) is 26.4 Å². The summed E-state index contributed by atoms with van der Waals surface area (Å²) in [6.07, 6.45) is 0.895. The van der Waals surface area contributed by atoms with Gasteiger partial charge in [0.15, 0.2) is 0 Å². The summed E-state index contributed by atoms with van der Waals surface area (Å²) >= 11 is 0. The monoisotopic (exact) mass is 313 g/mol. The summed E-state index contributed by atoms with van der Waals surface area (Å²) in [5, 5.41) is 0. The molecular weight excluding hydrogens is 282 g/mol. The molecule has 0 heterocycles. The van der Waals surface area contributed by atoms with Crippen LogP contribution < -0.4 is 5.73 Å². The Morgan fingerprint density at radius 2 is 1.38 bits per heavy atom. The summed E-state index contributed by atoms with van der Waals surface area (Å²) in [7, 11) is -2.40. The van der Waals surface area contributed by atoms with E-state index in [2.05, 4.69) is 19.1 Å². The lowest BCUT2D eigenvalue weighted by Gasteiger charge is -2.28. The Morgan fingerprint density at radius 1 is 0.905 bits per heavy atom. The van der Waals surface area contributed by atoms with Crippen molar-refractivity contribution < 1.29 is 13.3 Å². The van der Waals surface area contributed by atoms with Crippen LogP contribution in [-0.2, 0) is 13.3 Å². The van der Waals surface area contributed by atoms with Gasteiger partial charge >= 0.3 is 8.80 Å². The second kappa shape index (κ2) is 13.0. The zero-order valence-corrected chi connectivity index (χ0v) is 14.9. The van der Waals surface area contributed by atoms with E-state index in [1.807, 2.05) is 39.0 Å². The summed E-state index contributed by atoms with van der Waals surface area (Å²) in [5.74, 6) is 0. The maximum absolute atomic E-state index is 5.65. The summed E-state index contributed by atoms with van der Waals surface area (Å²) in [5.41, 5.74) is 6.80. The molecule has 0 saturated carbocycles. The summed E-state index contributed by atoms with van der Waals surface area (Å²) in [6, 6.07) is 11.1. The predicted octanol–water partition coefficient (Wildman–Crippen LogP) is 3.38. The van der Waals surface area contributed by atoms with Gasteiger partial charge in [-0.2, -0.15) is 0 Å². The molecule has 0 radical (unpaired) electrons. The second-order valence-electron chi connectivity index (χ2n) is 4.53. The van der Waals surface area contributed by atoms with Crippen molar-refractivity contribution in [1.82, 2.24) is 0 Å². The third-order valence-electron chi connectivity index (χ3n) is 2.72. The number of rotatable bonds is 9. The van der Waals surface area contributed by atoms with Crippen molar-refractivity contribution >= 4 is 8.80 Å². The first-order valence-electron chi connectivity index (χ1n) is 7.77. The molecule has 5 heteroatoms. The zero-order chi connectivity index (χ0) is 16.0. The van der Waals surface area contributed by atoms with Crippen LogP contribution in [0.1, 0.15) is 32.8 Å². The number of hydrogen-bond acceptors (Lipinski definition) is 4. The fraction of sp³-hybridized carbons (Fsp3) is 0.625. The average Bonchev–Trinajstić information content (AvgIpc) is 2.47. The fourth-order valence-electron chi connectivity index (χ4n) is 1.85. The van der Waals surface area contributed by atoms with Crippen LogP contribution in [0.15, 0.2) is 30.3 Å². The first kappa shape index (κ1) is 20.3. The van der Waals surface area contributed by atoms with Gasteiger partial charge in [0.2, 0.25) is 0 Å². The number of benzene rings is 1. The smallest absolute Gasteiger partial charge is 0.374 e. The Balaban J connectivity index is 0.000000471. The maximum atomic E-state index is 5.65. The van der Waals surface area contributed by atoms with E-state index in [4.69, 9.17) is 19.0 Å². The third-order valence-corrected chi connectivity index (χ3v) is 5.87. The van der Waals surface area contributed by atoms with E-state index in [1.165, 1.54) is 5.56 Å². The van der Waals surface area contributed by atoms with E-state index >= 15 is 0 Å². The minimum atomic E-state index is -2.40. The lowest BCUT2D eigenvalue weighted by Crippen LogP contribution is -2.46. The molecule has 0 atom stereocenters. The third kappa shape index (κ3) is 9.76. The lowest BCUT2D eigenvalue weighted by molar-refractivity contribution is 0.0710. The Labute approximate surface area is 131 Å². The molecule has 0 fully saturated rings. The molecule has 21 heavy (non-hydrogen) atoms. The molecule has 0 aliphatic heterocycles. The molecule has 122 valence electrons. The Kier molecular flexibility index (Phi) is 12.5. The average molecular weight is 314 g/mol. The molecule has 2 N–H and O–H groups in total. The second-order valence-corrected chi connectivity index (χ2v) is 7.26. The number of aryl methyl sites for hydroxylation is 1. The molecular formula is C16H31NO3Si. The van der Waals surface area contributed by atoms with Crippen LogP contribution in [0.4, 0.5) is 0 Å². The van der Waals surface area contributed by atoms with Gasteiger partial charge < -0.3 is 19.0 Å². The van der Waals surface area contributed by atoms with Gasteiger partial charge in [-0.05, 0) is 40.7 Å². The van der Waals surface area contributed by atoms with Crippen LogP contribution in [0.25, 0.3) is 0 Å². The van der Waals surface area contributed by atoms with Crippen LogP contribution in [0.3, 0.4) is 0 Å². The summed E-state index contributed by atoms with van der Waals surface area (Å²) in [4.78, 5) is 0. The van der Waals surface area contributed by atoms with Crippen molar-refractivity contribution in [2.45, 2.75) is 40.2 Å². The minimum absolute atomic E-state index is 0.636. The van der Waals surface area contributed by atoms with Gasteiger partial charge in [0, 0.05) is 25.9 Å². The van der Waals surface area contributed by atoms with Gasteiger partial charge in [-0.25, -0.2) is 0 Å². The molecule has 1 aromatic rings. The van der Waals surface area contributed by atoms with E-state index in [0.717, 1.165) is 12.5 Å². The van der Waals surface area contributed by atoms with Gasteiger partial charge in [-0.1, -0.05) is 35.9 Å². The van der Waals surface area contributed by atoms with Crippen molar-refractivity contribution in [2.24, 2.45) is 5.73 Å². The summed E-state index contributed by atoms with van der Waals surface area (Å²) in [6.45, 7) is 10.5. The molecule has 0 aliphatic rings. The SMILES string of the molecule is CCO[Si](CCCN)(OCC)OCC.Cc1ccccc1. The number of hydrogen-bond donors (Lipinski definition) is 1. The Morgan fingerprint density at radius 3 is 1.67 bits per heavy atom. The van der Waals surface area contributed by atoms with Crippen LogP contribution in [0.2, 0.25) is 6.04 Å². The zero-order valence-electron chi connectivity index (χ0n) is 13.9. The first-order chi connectivity index (χ1) is 10.1. The van der Waals surface area contributed by atoms with Gasteiger partial charge in [0.05, 0.1) is 0 Å². The molecule has 0 bridgehead atoms. The molecule has 1 aromatic carbocycles. The minimum Gasteiger partial charge on any atom is -0.374 e. The summed E-state index contributed by atoms with van der Waals surface area (Å²) < 4.78 is 17.0. The van der Waals surface area contributed by atoms with Crippen molar-refractivity contribution in [3.8, 4) is 0 Å².